The van der Waals surface area contributed by atoms with E-state index in [-0.39, 0.29) is 11.6 Å². The zero-order valence-electron chi connectivity index (χ0n) is 14.6. The van der Waals surface area contributed by atoms with Gasteiger partial charge in [-0.15, -0.1) is 0 Å². The molecule has 3 aromatic rings. The number of nitrogens with one attached hydrogen (secondary N) is 2. The van der Waals surface area contributed by atoms with Crippen molar-refractivity contribution in [2.24, 2.45) is 0 Å². The number of pyridine rings is 1. The first kappa shape index (κ1) is 18.5. The van der Waals surface area contributed by atoms with Gasteiger partial charge in [-0.1, -0.05) is 30.3 Å². The molecule has 0 fully saturated rings. The summed E-state index contributed by atoms with van der Waals surface area (Å²) in [5.74, 6) is -1.62. The van der Waals surface area contributed by atoms with E-state index in [2.05, 4.69) is 27.8 Å². The van der Waals surface area contributed by atoms with Gasteiger partial charge in [0, 0.05) is 18.8 Å². The number of aryl methyl sites for hydroxylation is 1. The van der Waals surface area contributed by atoms with Crippen molar-refractivity contribution in [3.05, 3.63) is 89.8 Å². The van der Waals surface area contributed by atoms with Crippen LogP contribution in [0.15, 0.2) is 67.0 Å². The molecule has 0 aliphatic heterocycles. The number of anilines is 2. The van der Waals surface area contributed by atoms with Crippen LogP contribution in [0.1, 0.15) is 22.3 Å². The Hall–Kier alpha value is -3.28. The third-order valence-electron chi connectivity index (χ3n) is 3.98. The van der Waals surface area contributed by atoms with Crippen LogP contribution in [0.25, 0.3) is 0 Å². The second-order valence-corrected chi connectivity index (χ2v) is 6.06. The van der Waals surface area contributed by atoms with Crippen LogP contribution in [0.2, 0.25) is 0 Å². The monoisotopic (exact) mass is 367 g/mol. The normalized spacial score (nSPS) is 10.4. The molecule has 27 heavy (non-hydrogen) atoms. The summed E-state index contributed by atoms with van der Waals surface area (Å²) in [6.45, 7) is 0.540. The zero-order valence-corrected chi connectivity index (χ0v) is 14.6. The number of carbonyl (C=O) groups excluding carboxylic acids is 1. The van der Waals surface area contributed by atoms with Gasteiger partial charge in [0.25, 0.3) is 5.91 Å². The minimum absolute atomic E-state index is 0.110. The number of amides is 1. The maximum absolute atomic E-state index is 13.7. The van der Waals surface area contributed by atoms with Crippen molar-refractivity contribution in [3.8, 4) is 0 Å². The van der Waals surface area contributed by atoms with E-state index in [1.807, 2.05) is 18.2 Å². The van der Waals surface area contributed by atoms with E-state index in [1.165, 1.54) is 24.0 Å². The van der Waals surface area contributed by atoms with Crippen LogP contribution in [-0.2, 0) is 6.42 Å². The number of rotatable bonds is 7. The first-order chi connectivity index (χ1) is 13.1. The fourth-order valence-electron chi connectivity index (χ4n) is 2.62. The summed E-state index contributed by atoms with van der Waals surface area (Å²) >= 11 is 0. The van der Waals surface area contributed by atoms with Crippen molar-refractivity contribution in [3.63, 3.8) is 0 Å². The Morgan fingerprint density at radius 1 is 1.00 bits per heavy atom. The van der Waals surface area contributed by atoms with Gasteiger partial charge in [-0.25, -0.2) is 8.78 Å². The van der Waals surface area contributed by atoms with Crippen molar-refractivity contribution < 1.29 is 13.6 Å². The van der Waals surface area contributed by atoms with Crippen molar-refractivity contribution in [1.29, 1.82) is 0 Å². The molecule has 4 nitrogen and oxygen atoms in total. The summed E-state index contributed by atoms with van der Waals surface area (Å²) in [7, 11) is 0. The van der Waals surface area contributed by atoms with Gasteiger partial charge >= 0.3 is 0 Å². The number of nitrogens with zero attached hydrogens (tertiary/aromatic N) is 1. The largest absolute Gasteiger partial charge is 0.352 e. The van der Waals surface area contributed by atoms with Crippen LogP contribution in [0.5, 0.6) is 0 Å². The van der Waals surface area contributed by atoms with Crippen LogP contribution >= 0.6 is 0 Å². The number of hydrogen-bond acceptors (Lipinski definition) is 3. The maximum Gasteiger partial charge on any atom is 0.252 e. The maximum atomic E-state index is 13.7. The lowest BCUT2D eigenvalue weighted by Crippen LogP contribution is -2.25. The fraction of sp³-hybridized carbons (Fsp3) is 0.143. The van der Waals surface area contributed by atoms with Gasteiger partial charge in [0.05, 0.1) is 23.1 Å². The highest BCUT2D eigenvalue weighted by molar-refractivity contribution is 5.94. The molecule has 0 unspecified atom stereocenters. The van der Waals surface area contributed by atoms with Crippen LogP contribution in [-0.4, -0.2) is 17.4 Å². The highest BCUT2D eigenvalue weighted by Crippen LogP contribution is 2.20. The van der Waals surface area contributed by atoms with E-state index in [0.717, 1.165) is 25.0 Å². The van der Waals surface area contributed by atoms with Crippen LogP contribution in [0.3, 0.4) is 0 Å². The predicted octanol–water partition coefficient (Wildman–Crippen LogP) is 4.47. The van der Waals surface area contributed by atoms with Crippen molar-refractivity contribution >= 4 is 17.3 Å². The highest BCUT2D eigenvalue weighted by Gasteiger charge is 2.09. The molecule has 1 aromatic heterocycles. The molecule has 0 atom stereocenters. The van der Waals surface area contributed by atoms with E-state index in [1.54, 1.807) is 6.07 Å². The summed E-state index contributed by atoms with van der Waals surface area (Å²) in [6, 6.07) is 14.9. The lowest BCUT2D eigenvalue weighted by Gasteiger charge is -2.09. The van der Waals surface area contributed by atoms with Gasteiger partial charge in [-0.3, -0.25) is 9.78 Å². The second-order valence-electron chi connectivity index (χ2n) is 6.06. The molecule has 1 amide bonds. The van der Waals surface area contributed by atoms with Gasteiger partial charge in [0.2, 0.25) is 0 Å². The average Bonchev–Trinajstić information content (AvgIpc) is 2.68. The van der Waals surface area contributed by atoms with Gasteiger partial charge in [-0.05, 0) is 36.6 Å². The molecule has 0 radical (unpaired) electrons. The number of benzene rings is 2. The summed E-state index contributed by atoms with van der Waals surface area (Å²) < 4.78 is 26.7. The smallest absolute Gasteiger partial charge is 0.252 e. The Bertz CT molecular complexity index is 916. The lowest BCUT2D eigenvalue weighted by molar-refractivity contribution is 0.0953. The number of halogens is 2. The quantitative estimate of drug-likeness (QED) is 0.606. The molecule has 1 heterocycles. The Balaban J connectivity index is 1.55. The van der Waals surface area contributed by atoms with Crippen molar-refractivity contribution in [1.82, 2.24) is 10.3 Å². The van der Waals surface area contributed by atoms with Crippen molar-refractivity contribution in [2.75, 3.05) is 11.9 Å². The van der Waals surface area contributed by atoms with E-state index < -0.39 is 11.6 Å². The molecule has 0 saturated heterocycles. The number of hydrogen-bond donors (Lipinski definition) is 2. The minimum Gasteiger partial charge on any atom is -0.352 e. The molecule has 6 heteroatoms. The molecule has 3 rings (SSSR count). The molecule has 0 aliphatic carbocycles. The fourth-order valence-corrected chi connectivity index (χ4v) is 2.62. The van der Waals surface area contributed by atoms with Gasteiger partial charge < -0.3 is 10.6 Å². The first-order valence-electron chi connectivity index (χ1n) is 8.61. The molecular weight excluding hydrogens is 348 g/mol. The van der Waals surface area contributed by atoms with Gasteiger partial charge in [0.1, 0.15) is 11.6 Å². The molecule has 2 aromatic carbocycles. The van der Waals surface area contributed by atoms with Crippen LogP contribution in [0, 0.1) is 11.6 Å². The topological polar surface area (TPSA) is 54.0 Å². The summed E-state index contributed by atoms with van der Waals surface area (Å²) in [5.41, 5.74) is 2.14. The van der Waals surface area contributed by atoms with Crippen LogP contribution < -0.4 is 10.6 Å². The number of aromatic nitrogens is 1. The second kappa shape index (κ2) is 8.89. The lowest BCUT2D eigenvalue weighted by atomic mass is 10.1. The molecule has 0 bridgehead atoms. The van der Waals surface area contributed by atoms with Gasteiger partial charge in [-0.2, -0.15) is 0 Å². The molecule has 0 saturated carbocycles. The molecule has 2 N–H and O–H groups in total. The Kier molecular flexibility index (Phi) is 6.10. The van der Waals surface area contributed by atoms with Gasteiger partial charge in [0.15, 0.2) is 0 Å². The molecule has 0 spiro atoms. The van der Waals surface area contributed by atoms with Crippen molar-refractivity contribution in [2.45, 2.75) is 12.8 Å². The molecule has 138 valence electrons. The van der Waals surface area contributed by atoms with E-state index in [9.17, 15) is 13.6 Å². The summed E-state index contributed by atoms with van der Waals surface area (Å²) in [6.07, 6.45) is 4.61. The Morgan fingerprint density at radius 2 is 1.81 bits per heavy atom. The average molecular weight is 367 g/mol. The third kappa shape index (κ3) is 5.34. The zero-order chi connectivity index (χ0) is 19.1. The Morgan fingerprint density at radius 3 is 2.59 bits per heavy atom. The highest BCUT2D eigenvalue weighted by atomic mass is 19.1. The van der Waals surface area contributed by atoms with Crippen LogP contribution in [0.4, 0.5) is 20.2 Å². The third-order valence-corrected chi connectivity index (χ3v) is 3.98. The standard InChI is InChI=1S/C21H19F2N3O/c22-17-8-9-20(19(23)12-17)26-18-11-16(13-24-14-18)21(27)25-10-4-7-15-5-2-1-3-6-15/h1-3,5-6,8-9,11-14,26H,4,7,10H2,(H,25,27). The van der Waals surface area contributed by atoms with E-state index >= 15 is 0 Å². The van der Waals surface area contributed by atoms with E-state index in [4.69, 9.17) is 0 Å². The first-order valence-corrected chi connectivity index (χ1v) is 8.61. The van der Waals surface area contributed by atoms with E-state index in [0.29, 0.717) is 17.8 Å². The minimum atomic E-state index is -0.717. The number of carbonyl (C=O) groups is 1. The predicted molar refractivity (Wildman–Crippen MR) is 101 cm³/mol. The SMILES string of the molecule is O=C(NCCCc1ccccc1)c1cncc(Nc2ccc(F)cc2F)c1. The summed E-state index contributed by atoms with van der Waals surface area (Å²) in [5, 5.41) is 5.65. The Labute approximate surface area is 156 Å². The molecular formula is C21H19F2N3O. The summed E-state index contributed by atoms with van der Waals surface area (Å²) in [4.78, 5) is 16.3. The molecule has 0 aliphatic rings.